The highest BCUT2D eigenvalue weighted by molar-refractivity contribution is 5.03. The number of pyridine rings is 1. The molecule has 0 aliphatic rings. The smallest absolute Gasteiger partial charge is 0.169 e. The first-order valence-corrected chi connectivity index (χ1v) is 4.79. The van der Waals surface area contributed by atoms with Gasteiger partial charge in [0.05, 0.1) is 0 Å². The standard InChI is InChI=1S/C11H19N2.BrH/c1-11-5-9-13(10-6-11)8-4-7-12(2)3;/h5-6,9-10H,4,7-8H2,1-3H3;1H/q+1;/p-1. The number of halogens is 1. The van der Waals surface area contributed by atoms with E-state index in [1.54, 1.807) is 0 Å². The molecule has 0 atom stereocenters. The van der Waals surface area contributed by atoms with Gasteiger partial charge in [0.15, 0.2) is 12.4 Å². The maximum absolute atomic E-state index is 2.23. The second-order valence-corrected chi connectivity index (χ2v) is 3.77. The van der Waals surface area contributed by atoms with Gasteiger partial charge in [-0.15, -0.1) is 0 Å². The lowest BCUT2D eigenvalue weighted by Gasteiger charge is -2.06. The van der Waals surface area contributed by atoms with Crippen LogP contribution in [-0.2, 0) is 6.54 Å². The minimum absolute atomic E-state index is 0. The zero-order chi connectivity index (χ0) is 9.68. The van der Waals surface area contributed by atoms with E-state index >= 15 is 0 Å². The van der Waals surface area contributed by atoms with E-state index in [0.29, 0.717) is 0 Å². The van der Waals surface area contributed by atoms with E-state index in [0.717, 1.165) is 13.1 Å². The predicted octanol–water partition coefficient (Wildman–Crippen LogP) is -1.76. The molecule has 0 aliphatic heterocycles. The maximum atomic E-state index is 2.23. The van der Waals surface area contributed by atoms with Crippen LogP contribution in [0.5, 0.6) is 0 Å². The van der Waals surface area contributed by atoms with Gasteiger partial charge < -0.3 is 21.9 Å². The SMILES string of the molecule is Cc1cc[n+](CCCN(C)C)cc1.[Br-]. The zero-order valence-electron chi connectivity index (χ0n) is 9.20. The molecule has 0 radical (unpaired) electrons. The lowest BCUT2D eigenvalue weighted by atomic mass is 10.3. The number of rotatable bonds is 4. The molecule has 0 amide bonds. The van der Waals surface area contributed by atoms with Crippen LogP contribution in [0.4, 0.5) is 0 Å². The molecule has 1 rings (SSSR count). The van der Waals surface area contributed by atoms with Crippen LogP contribution in [0.1, 0.15) is 12.0 Å². The largest absolute Gasteiger partial charge is 1.00 e. The van der Waals surface area contributed by atoms with Crippen molar-refractivity contribution in [3.8, 4) is 0 Å². The van der Waals surface area contributed by atoms with Crippen LogP contribution in [0, 0.1) is 6.92 Å². The van der Waals surface area contributed by atoms with Gasteiger partial charge in [0, 0.05) is 25.1 Å². The van der Waals surface area contributed by atoms with Gasteiger partial charge in [-0.3, -0.25) is 0 Å². The molecular formula is C11H19BrN2. The van der Waals surface area contributed by atoms with Gasteiger partial charge in [0.25, 0.3) is 0 Å². The highest BCUT2D eigenvalue weighted by Gasteiger charge is 1.99. The molecule has 0 bridgehead atoms. The Morgan fingerprint density at radius 3 is 2.29 bits per heavy atom. The number of hydrogen-bond donors (Lipinski definition) is 0. The third-order valence-corrected chi connectivity index (χ3v) is 2.08. The molecule has 0 saturated carbocycles. The van der Waals surface area contributed by atoms with Gasteiger partial charge in [-0.05, 0) is 26.6 Å². The van der Waals surface area contributed by atoms with Gasteiger partial charge in [-0.25, -0.2) is 4.57 Å². The molecule has 80 valence electrons. The summed E-state index contributed by atoms with van der Waals surface area (Å²) in [7, 11) is 4.22. The molecule has 0 spiro atoms. The topological polar surface area (TPSA) is 7.12 Å². The van der Waals surface area contributed by atoms with E-state index in [2.05, 4.69) is 55.0 Å². The molecule has 1 heterocycles. The van der Waals surface area contributed by atoms with Crippen molar-refractivity contribution in [2.45, 2.75) is 19.9 Å². The molecule has 3 heteroatoms. The van der Waals surface area contributed by atoms with Crippen molar-refractivity contribution < 1.29 is 21.5 Å². The summed E-state index contributed by atoms with van der Waals surface area (Å²) < 4.78 is 2.23. The summed E-state index contributed by atoms with van der Waals surface area (Å²) in [5.41, 5.74) is 1.32. The number of aryl methyl sites for hydroxylation is 2. The fraction of sp³-hybridized carbons (Fsp3) is 0.545. The van der Waals surface area contributed by atoms with Crippen molar-refractivity contribution in [1.29, 1.82) is 0 Å². The summed E-state index contributed by atoms with van der Waals surface area (Å²) in [5.74, 6) is 0. The second kappa shape index (κ2) is 6.96. The Kier molecular flexibility index (Phi) is 6.75. The number of hydrogen-bond acceptors (Lipinski definition) is 1. The van der Waals surface area contributed by atoms with Crippen LogP contribution in [0.3, 0.4) is 0 Å². The first kappa shape index (κ1) is 13.6. The monoisotopic (exact) mass is 258 g/mol. The van der Waals surface area contributed by atoms with Crippen molar-refractivity contribution >= 4 is 0 Å². The van der Waals surface area contributed by atoms with E-state index in [-0.39, 0.29) is 17.0 Å². The lowest BCUT2D eigenvalue weighted by molar-refractivity contribution is -0.697. The minimum Gasteiger partial charge on any atom is -1.00 e. The molecule has 0 fully saturated rings. The Morgan fingerprint density at radius 1 is 1.21 bits per heavy atom. The van der Waals surface area contributed by atoms with Crippen molar-refractivity contribution in [2.75, 3.05) is 20.6 Å². The van der Waals surface area contributed by atoms with Crippen LogP contribution >= 0.6 is 0 Å². The van der Waals surface area contributed by atoms with Gasteiger partial charge in [-0.2, -0.15) is 0 Å². The lowest BCUT2D eigenvalue weighted by Crippen LogP contribution is -3.00. The van der Waals surface area contributed by atoms with Crippen LogP contribution in [0.15, 0.2) is 24.5 Å². The average Bonchev–Trinajstić information content (AvgIpc) is 2.08. The van der Waals surface area contributed by atoms with Crippen molar-refractivity contribution in [2.24, 2.45) is 0 Å². The van der Waals surface area contributed by atoms with E-state index in [9.17, 15) is 0 Å². The van der Waals surface area contributed by atoms with Crippen molar-refractivity contribution in [3.63, 3.8) is 0 Å². The molecule has 2 nitrogen and oxygen atoms in total. The molecular weight excluding hydrogens is 240 g/mol. The first-order chi connectivity index (χ1) is 6.18. The zero-order valence-corrected chi connectivity index (χ0v) is 10.8. The Balaban J connectivity index is 0.00000169. The van der Waals surface area contributed by atoms with Gasteiger partial charge >= 0.3 is 0 Å². The first-order valence-electron chi connectivity index (χ1n) is 4.79. The fourth-order valence-electron chi connectivity index (χ4n) is 1.25. The highest BCUT2D eigenvalue weighted by atomic mass is 79.9. The molecule has 0 aromatic carbocycles. The average molecular weight is 259 g/mol. The summed E-state index contributed by atoms with van der Waals surface area (Å²) in [6.07, 6.45) is 5.50. The highest BCUT2D eigenvalue weighted by Crippen LogP contribution is 1.90. The molecule has 14 heavy (non-hydrogen) atoms. The molecule has 1 aromatic heterocycles. The number of nitrogens with zero attached hydrogens (tertiary/aromatic N) is 2. The summed E-state index contributed by atoms with van der Waals surface area (Å²) in [4.78, 5) is 2.22. The summed E-state index contributed by atoms with van der Waals surface area (Å²) in [6, 6.07) is 4.30. The van der Waals surface area contributed by atoms with E-state index in [1.165, 1.54) is 12.0 Å². The summed E-state index contributed by atoms with van der Waals surface area (Å²) >= 11 is 0. The second-order valence-electron chi connectivity index (χ2n) is 3.77. The third-order valence-electron chi connectivity index (χ3n) is 2.08. The maximum Gasteiger partial charge on any atom is 0.169 e. The molecule has 0 N–H and O–H groups in total. The van der Waals surface area contributed by atoms with Crippen molar-refractivity contribution in [3.05, 3.63) is 30.1 Å². The van der Waals surface area contributed by atoms with Gasteiger partial charge in [-0.1, -0.05) is 0 Å². The van der Waals surface area contributed by atoms with Crippen LogP contribution < -0.4 is 21.5 Å². The minimum atomic E-state index is 0. The third kappa shape index (κ3) is 5.35. The van der Waals surface area contributed by atoms with E-state index < -0.39 is 0 Å². The van der Waals surface area contributed by atoms with Gasteiger partial charge in [0.2, 0.25) is 0 Å². The molecule has 0 aliphatic carbocycles. The Morgan fingerprint density at radius 2 is 1.79 bits per heavy atom. The predicted molar refractivity (Wildman–Crippen MR) is 54.5 cm³/mol. The Labute approximate surface area is 97.3 Å². The molecule has 1 aromatic rings. The summed E-state index contributed by atoms with van der Waals surface area (Å²) in [5, 5.41) is 0. The summed E-state index contributed by atoms with van der Waals surface area (Å²) in [6.45, 7) is 4.38. The molecule has 0 saturated heterocycles. The normalized spacial score (nSPS) is 10.0. The van der Waals surface area contributed by atoms with Crippen LogP contribution in [0.2, 0.25) is 0 Å². The van der Waals surface area contributed by atoms with E-state index in [4.69, 9.17) is 0 Å². The Hall–Kier alpha value is -0.410. The fourth-order valence-corrected chi connectivity index (χ4v) is 1.25. The number of aromatic nitrogens is 1. The molecule has 0 unspecified atom stereocenters. The van der Waals surface area contributed by atoms with Crippen LogP contribution in [0.25, 0.3) is 0 Å². The van der Waals surface area contributed by atoms with E-state index in [1.807, 2.05) is 0 Å². The van der Waals surface area contributed by atoms with Crippen LogP contribution in [-0.4, -0.2) is 25.5 Å². The van der Waals surface area contributed by atoms with Gasteiger partial charge in [0.1, 0.15) is 6.54 Å². The Bertz CT molecular complexity index is 244. The van der Waals surface area contributed by atoms with Crippen molar-refractivity contribution in [1.82, 2.24) is 4.90 Å². The quantitative estimate of drug-likeness (QED) is 0.581.